The van der Waals surface area contributed by atoms with Crippen LogP contribution in [0.4, 0.5) is 8.78 Å². The second-order valence-corrected chi connectivity index (χ2v) is 5.69. The minimum absolute atomic E-state index is 0.0113. The van der Waals surface area contributed by atoms with Crippen LogP contribution in [0.25, 0.3) is 0 Å². The predicted molar refractivity (Wildman–Crippen MR) is 81.2 cm³/mol. The minimum Gasteiger partial charge on any atom is -0.351 e. The fraction of sp³-hybridized carbons (Fsp3) is 0.312. The summed E-state index contributed by atoms with van der Waals surface area (Å²) in [5, 5.41) is 12.1. The fourth-order valence-electron chi connectivity index (χ4n) is 2.72. The van der Waals surface area contributed by atoms with Crippen molar-refractivity contribution in [1.82, 2.24) is 20.8 Å². The molecule has 24 heavy (non-hydrogen) atoms. The van der Waals surface area contributed by atoms with E-state index in [4.69, 9.17) is 0 Å². The lowest BCUT2D eigenvalue weighted by atomic mass is 9.93. The zero-order chi connectivity index (χ0) is 17.1. The molecule has 1 aromatic carbocycles. The van der Waals surface area contributed by atoms with Gasteiger partial charge in [-0.2, -0.15) is 5.10 Å². The second-order valence-electron chi connectivity index (χ2n) is 5.69. The number of carbonyl (C=O) groups excluding carboxylic acids is 2. The Bertz CT molecular complexity index is 775. The van der Waals surface area contributed by atoms with Gasteiger partial charge in [0.05, 0.1) is 12.7 Å². The first-order valence-corrected chi connectivity index (χ1v) is 7.56. The number of hydrogen-bond donors (Lipinski definition) is 3. The molecule has 1 heterocycles. The van der Waals surface area contributed by atoms with E-state index in [0.717, 1.165) is 42.3 Å². The molecular formula is C16H16F2N4O2. The molecule has 0 spiro atoms. The highest BCUT2D eigenvalue weighted by molar-refractivity contribution is 5.96. The number of rotatable bonds is 4. The average Bonchev–Trinajstić information content (AvgIpc) is 3.03. The van der Waals surface area contributed by atoms with Crippen molar-refractivity contribution in [2.45, 2.75) is 25.3 Å². The highest BCUT2D eigenvalue weighted by atomic mass is 19.2. The normalized spacial score (nSPS) is 16.3. The van der Waals surface area contributed by atoms with Crippen LogP contribution in [0.2, 0.25) is 0 Å². The summed E-state index contributed by atoms with van der Waals surface area (Å²) in [4.78, 5) is 23.8. The maximum Gasteiger partial charge on any atom is 0.251 e. The van der Waals surface area contributed by atoms with Gasteiger partial charge in [0.25, 0.3) is 5.91 Å². The third kappa shape index (κ3) is 3.58. The smallest absolute Gasteiger partial charge is 0.251 e. The number of aromatic nitrogens is 2. The van der Waals surface area contributed by atoms with E-state index >= 15 is 0 Å². The molecule has 1 atom stereocenters. The van der Waals surface area contributed by atoms with Crippen molar-refractivity contribution in [3.63, 3.8) is 0 Å². The Labute approximate surface area is 136 Å². The van der Waals surface area contributed by atoms with Crippen LogP contribution in [-0.4, -0.2) is 34.6 Å². The molecule has 1 aliphatic carbocycles. The highest BCUT2D eigenvalue weighted by Crippen LogP contribution is 2.18. The summed E-state index contributed by atoms with van der Waals surface area (Å²) >= 11 is 0. The number of amides is 2. The van der Waals surface area contributed by atoms with Gasteiger partial charge in [0, 0.05) is 17.3 Å². The number of carbonyl (C=O) groups is 2. The van der Waals surface area contributed by atoms with Gasteiger partial charge in [0.15, 0.2) is 11.6 Å². The topological polar surface area (TPSA) is 86.9 Å². The summed E-state index contributed by atoms with van der Waals surface area (Å²) in [5.74, 6) is -3.10. The van der Waals surface area contributed by atoms with Gasteiger partial charge in [-0.15, -0.1) is 0 Å². The van der Waals surface area contributed by atoms with Crippen LogP contribution in [0.1, 0.15) is 28.0 Å². The number of aryl methyl sites for hydroxylation is 1. The first-order chi connectivity index (χ1) is 11.5. The molecule has 0 saturated carbocycles. The van der Waals surface area contributed by atoms with E-state index < -0.39 is 17.5 Å². The van der Waals surface area contributed by atoms with E-state index in [1.54, 1.807) is 6.20 Å². The van der Waals surface area contributed by atoms with Crippen molar-refractivity contribution in [2.75, 3.05) is 6.54 Å². The Hall–Kier alpha value is -2.77. The van der Waals surface area contributed by atoms with Gasteiger partial charge >= 0.3 is 0 Å². The van der Waals surface area contributed by atoms with E-state index in [9.17, 15) is 18.4 Å². The molecule has 6 nitrogen and oxygen atoms in total. The number of fused-ring (bicyclic) bond motifs is 1. The maximum absolute atomic E-state index is 13.1. The lowest BCUT2D eigenvalue weighted by Gasteiger charge is -2.22. The van der Waals surface area contributed by atoms with Crippen molar-refractivity contribution >= 4 is 11.8 Å². The van der Waals surface area contributed by atoms with Crippen molar-refractivity contribution < 1.29 is 18.4 Å². The summed E-state index contributed by atoms with van der Waals surface area (Å²) in [6, 6.07) is 2.81. The van der Waals surface area contributed by atoms with Gasteiger partial charge in [-0.1, -0.05) is 0 Å². The van der Waals surface area contributed by atoms with Gasteiger partial charge in [-0.3, -0.25) is 14.7 Å². The third-order valence-corrected chi connectivity index (χ3v) is 3.97. The van der Waals surface area contributed by atoms with E-state index in [2.05, 4.69) is 20.8 Å². The number of benzene rings is 1. The Morgan fingerprint density at radius 3 is 2.92 bits per heavy atom. The molecule has 0 aliphatic heterocycles. The molecule has 3 rings (SSSR count). The average molecular weight is 334 g/mol. The van der Waals surface area contributed by atoms with Crippen molar-refractivity contribution in [1.29, 1.82) is 0 Å². The first kappa shape index (κ1) is 16.1. The monoisotopic (exact) mass is 334 g/mol. The highest BCUT2D eigenvalue weighted by Gasteiger charge is 2.21. The quantitative estimate of drug-likeness (QED) is 0.782. The van der Waals surface area contributed by atoms with Gasteiger partial charge in [-0.25, -0.2) is 8.78 Å². The standard InChI is InChI=1S/C16H16F2N4O2/c17-12-3-1-9(6-13(12)18)16(24)19-8-15(23)21-11-2-4-14-10(5-11)7-20-22-14/h1,3,6-7,11H,2,4-5,8H2,(H,19,24)(H,20,22)(H,21,23). The summed E-state index contributed by atoms with van der Waals surface area (Å²) in [5.41, 5.74) is 2.13. The Morgan fingerprint density at radius 1 is 1.29 bits per heavy atom. The largest absolute Gasteiger partial charge is 0.351 e. The fourth-order valence-corrected chi connectivity index (χ4v) is 2.72. The van der Waals surface area contributed by atoms with Crippen LogP contribution in [0.3, 0.4) is 0 Å². The van der Waals surface area contributed by atoms with E-state index in [0.29, 0.717) is 6.42 Å². The van der Waals surface area contributed by atoms with Crippen LogP contribution < -0.4 is 10.6 Å². The van der Waals surface area contributed by atoms with Gasteiger partial charge < -0.3 is 10.6 Å². The van der Waals surface area contributed by atoms with E-state index in [-0.39, 0.29) is 24.1 Å². The zero-order valence-electron chi connectivity index (χ0n) is 12.7. The molecule has 3 N–H and O–H groups in total. The van der Waals surface area contributed by atoms with Crippen LogP contribution in [0.5, 0.6) is 0 Å². The summed E-state index contributed by atoms with van der Waals surface area (Å²) < 4.78 is 25.9. The van der Waals surface area contributed by atoms with Crippen molar-refractivity contribution in [2.24, 2.45) is 0 Å². The Morgan fingerprint density at radius 2 is 2.12 bits per heavy atom. The SMILES string of the molecule is O=C(CNC(=O)c1ccc(F)c(F)c1)NC1CCc2[nH]ncc2C1. The number of hydrogen-bond acceptors (Lipinski definition) is 3. The predicted octanol–water partition coefficient (Wildman–Crippen LogP) is 1.09. The van der Waals surface area contributed by atoms with Crippen LogP contribution in [-0.2, 0) is 17.6 Å². The van der Waals surface area contributed by atoms with Gasteiger partial charge in [0.2, 0.25) is 5.91 Å². The molecule has 0 radical (unpaired) electrons. The van der Waals surface area contributed by atoms with E-state index in [1.165, 1.54) is 0 Å². The molecule has 0 saturated heterocycles. The van der Waals surface area contributed by atoms with Crippen LogP contribution >= 0.6 is 0 Å². The molecule has 126 valence electrons. The minimum atomic E-state index is -1.11. The molecule has 1 unspecified atom stereocenters. The van der Waals surface area contributed by atoms with Crippen LogP contribution in [0, 0.1) is 11.6 Å². The second kappa shape index (κ2) is 6.77. The first-order valence-electron chi connectivity index (χ1n) is 7.56. The molecule has 0 fully saturated rings. The summed E-state index contributed by atoms with van der Waals surface area (Å²) in [7, 11) is 0. The van der Waals surface area contributed by atoms with Gasteiger partial charge in [-0.05, 0) is 43.0 Å². The van der Waals surface area contributed by atoms with E-state index in [1.807, 2.05) is 0 Å². The molecule has 8 heteroatoms. The van der Waals surface area contributed by atoms with Crippen molar-refractivity contribution in [3.05, 3.63) is 52.9 Å². The third-order valence-electron chi connectivity index (χ3n) is 3.97. The Balaban J connectivity index is 1.49. The zero-order valence-corrected chi connectivity index (χ0v) is 12.7. The van der Waals surface area contributed by atoms with Crippen molar-refractivity contribution in [3.8, 4) is 0 Å². The number of nitrogens with one attached hydrogen (secondary N) is 3. The number of aromatic amines is 1. The number of nitrogens with zero attached hydrogens (tertiary/aromatic N) is 1. The Kier molecular flexibility index (Phi) is 4.54. The molecule has 2 amide bonds. The molecule has 2 aromatic rings. The summed E-state index contributed by atoms with van der Waals surface area (Å²) in [6.45, 7) is -0.230. The number of halogens is 2. The van der Waals surface area contributed by atoms with Gasteiger partial charge in [0.1, 0.15) is 0 Å². The number of H-pyrrole nitrogens is 1. The molecule has 1 aliphatic rings. The molecule has 0 bridgehead atoms. The molecule has 1 aromatic heterocycles. The molecular weight excluding hydrogens is 318 g/mol. The van der Waals surface area contributed by atoms with Crippen LogP contribution in [0.15, 0.2) is 24.4 Å². The lowest BCUT2D eigenvalue weighted by molar-refractivity contribution is -0.120. The lowest BCUT2D eigenvalue weighted by Crippen LogP contribution is -2.44. The summed E-state index contributed by atoms with van der Waals surface area (Å²) in [6.07, 6.45) is 4.03. The maximum atomic E-state index is 13.1.